The molecule has 10 nitrogen and oxygen atoms in total. The Morgan fingerprint density at radius 1 is 1.13 bits per heavy atom. The lowest BCUT2D eigenvalue weighted by Crippen LogP contribution is -2.35. The first-order valence-electron chi connectivity index (χ1n) is 9.73. The highest BCUT2D eigenvalue weighted by Gasteiger charge is 2.28. The second kappa shape index (κ2) is 9.71. The monoisotopic (exact) mass is 434 g/mol. The van der Waals surface area contributed by atoms with Crippen LogP contribution in [0, 0.1) is 0 Å². The van der Waals surface area contributed by atoms with Crippen LogP contribution in [0.2, 0.25) is 0 Å². The number of carbonyl (C=O) groups excluding carboxylic acids is 1. The molecule has 168 valence electrons. The number of primary amides is 1. The topological polar surface area (TPSA) is 145 Å². The molecule has 1 aromatic carbocycles. The third-order valence-corrected chi connectivity index (χ3v) is 5.11. The van der Waals surface area contributed by atoms with E-state index in [0.29, 0.717) is 44.2 Å². The molecule has 1 atom stereocenters. The largest absolute Gasteiger partial charge is 0.502 e. The first kappa shape index (κ1) is 22.4. The van der Waals surface area contributed by atoms with Crippen molar-refractivity contribution in [2.24, 2.45) is 5.73 Å². The highest BCUT2D eigenvalue weighted by Crippen LogP contribution is 2.42. The van der Waals surface area contributed by atoms with Crippen LogP contribution in [-0.4, -0.2) is 61.5 Å². The Labute approximate surface area is 178 Å². The number of nitrogens with two attached hydrogens (primary N) is 1. The molecule has 1 aliphatic rings. The van der Waals surface area contributed by atoms with E-state index < -0.39 is 23.0 Å². The lowest BCUT2D eigenvalue weighted by atomic mass is 9.91. The molecule has 2 aromatic rings. The molecular weight excluding hydrogens is 408 g/mol. The Hall–Kier alpha value is -3.24. The van der Waals surface area contributed by atoms with Gasteiger partial charge in [0.1, 0.15) is 5.76 Å². The third kappa shape index (κ3) is 5.09. The molecule has 1 saturated heterocycles. The number of morpholine rings is 1. The molecule has 31 heavy (non-hydrogen) atoms. The van der Waals surface area contributed by atoms with Crippen molar-refractivity contribution in [1.29, 1.82) is 0 Å². The van der Waals surface area contributed by atoms with Crippen LogP contribution < -0.4 is 20.6 Å². The van der Waals surface area contributed by atoms with Gasteiger partial charge in [-0.1, -0.05) is 0 Å². The van der Waals surface area contributed by atoms with Gasteiger partial charge < -0.3 is 34.6 Å². The minimum atomic E-state index is -0.904. The minimum absolute atomic E-state index is 0.0927. The molecule has 1 fully saturated rings. The number of benzene rings is 1. The van der Waals surface area contributed by atoms with Gasteiger partial charge in [0.25, 0.3) is 0 Å². The van der Waals surface area contributed by atoms with Crippen molar-refractivity contribution in [1.82, 2.24) is 4.90 Å². The fourth-order valence-corrected chi connectivity index (χ4v) is 3.53. The van der Waals surface area contributed by atoms with Crippen LogP contribution >= 0.6 is 0 Å². The quantitative estimate of drug-likeness (QED) is 0.552. The van der Waals surface area contributed by atoms with Crippen molar-refractivity contribution in [2.75, 3.05) is 40.5 Å². The summed E-state index contributed by atoms with van der Waals surface area (Å²) in [7, 11) is 2.73. The Morgan fingerprint density at radius 3 is 2.29 bits per heavy atom. The van der Waals surface area contributed by atoms with Gasteiger partial charge in [0.2, 0.25) is 22.8 Å². The summed E-state index contributed by atoms with van der Waals surface area (Å²) in [5.74, 6) is -1.97. The van der Waals surface area contributed by atoms with Crippen LogP contribution in [0.4, 0.5) is 0 Å². The molecule has 1 aliphatic heterocycles. The van der Waals surface area contributed by atoms with Crippen molar-refractivity contribution < 1.29 is 33.6 Å². The molecule has 3 rings (SSSR count). The fraction of sp³-hybridized carbons (Fsp3) is 0.429. The van der Waals surface area contributed by atoms with E-state index in [2.05, 4.69) is 4.90 Å². The number of hydrogen-bond acceptors (Lipinski definition) is 9. The summed E-state index contributed by atoms with van der Waals surface area (Å²) >= 11 is 0. The first-order valence-corrected chi connectivity index (χ1v) is 9.73. The van der Waals surface area contributed by atoms with Gasteiger partial charge in [0, 0.05) is 25.6 Å². The standard InChI is InChI=1S/C21H26N2O8/c1-28-16-7-12(8-17(29-2)20(16)27)14(10-18(22)25)21-19(26)15(24)9-13(31-21)11-23-3-5-30-6-4-23/h7-9,14,26-27H,3-6,10-11H2,1-2H3,(H2,22,25)/t14-/m0/s1. The van der Waals surface area contributed by atoms with Crippen molar-refractivity contribution in [3.8, 4) is 23.0 Å². The van der Waals surface area contributed by atoms with Gasteiger partial charge >= 0.3 is 0 Å². The second-order valence-electron chi connectivity index (χ2n) is 7.18. The first-order chi connectivity index (χ1) is 14.8. The van der Waals surface area contributed by atoms with E-state index in [9.17, 15) is 19.8 Å². The number of amides is 1. The summed E-state index contributed by atoms with van der Waals surface area (Å²) in [6, 6.07) is 4.17. The van der Waals surface area contributed by atoms with E-state index in [1.54, 1.807) is 0 Å². The van der Waals surface area contributed by atoms with Gasteiger partial charge in [-0.25, -0.2) is 0 Å². The highest BCUT2D eigenvalue weighted by molar-refractivity contribution is 5.75. The molecule has 10 heteroatoms. The molecule has 2 heterocycles. The minimum Gasteiger partial charge on any atom is -0.502 e. The van der Waals surface area contributed by atoms with Gasteiger partial charge in [-0.2, -0.15) is 0 Å². The average Bonchev–Trinajstić information content (AvgIpc) is 2.75. The molecule has 0 unspecified atom stereocenters. The fourth-order valence-electron chi connectivity index (χ4n) is 3.53. The smallest absolute Gasteiger partial charge is 0.227 e. The van der Waals surface area contributed by atoms with E-state index in [-0.39, 0.29) is 29.4 Å². The van der Waals surface area contributed by atoms with Gasteiger partial charge in [-0.15, -0.1) is 0 Å². The third-order valence-electron chi connectivity index (χ3n) is 5.11. The molecule has 0 saturated carbocycles. The molecule has 0 bridgehead atoms. The molecular formula is C21H26N2O8. The molecule has 4 N–H and O–H groups in total. The number of hydrogen-bond donors (Lipinski definition) is 3. The number of aromatic hydroxyl groups is 2. The van der Waals surface area contributed by atoms with E-state index in [1.807, 2.05) is 0 Å². The molecule has 1 aromatic heterocycles. The number of nitrogens with zero attached hydrogens (tertiary/aromatic N) is 1. The molecule has 1 amide bonds. The van der Waals surface area contributed by atoms with Crippen molar-refractivity contribution >= 4 is 5.91 Å². The number of phenols is 1. The van der Waals surface area contributed by atoms with E-state index in [1.165, 1.54) is 32.4 Å². The summed E-state index contributed by atoms with van der Waals surface area (Å²) in [5.41, 5.74) is 5.22. The molecule has 0 aliphatic carbocycles. The Morgan fingerprint density at radius 2 is 1.74 bits per heavy atom. The molecule has 0 spiro atoms. The van der Waals surface area contributed by atoms with Gasteiger partial charge in [-0.3, -0.25) is 14.5 Å². The van der Waals surface area contributed by atoms with Crippen LogP contribution in [0.5, 0.6) is 23.0 Å². The van der Waals surface area contributed by atoms with E-state index in [0.717, 1.165) is 0 Å². The number of carbonyl (C=O) groups is 1. The Bertz CT molecular complexity index is 972. The van der Waals surface area contributed by atoms with E-state index in [4.69, 9.17) is 24.4 Å². The Balaban J connectivity index is 2.08. The van der Waals surface area contributed by atoms with Crippen molar-refractivity contribution in [3.63, 3.8) is 0 Å². The summed E-state index contributed by atoms with van der Waals surface area (Å²) in [5, 5.41) is 20.7. The molecule has 0 radical (unpaired) electrons. The zero-order chi connectivity index (χ0) is 22.5. The van der Waals surface area contributed by atoms with E-state index >= 15 is 0 Å². The highest BCUT2D eigenvalue weighted by atomic mass is 16.5. The maximum atomic E-state index is 12.5. The summed E-state index contributed by atoms with van der Waals surface area (Å²) in [4.78, 5) is 26.3. The maximum absolute atomic E-state index is 12.5. The normalized spacial score (nSPS) is 15.4. The van der Waals surface area contributed by atoms with Crippen LogP contribution in [0.15, 0.2) is 27.4 Å². The average molecular weight is 434 g/mol. The lowest BCUT2D eigenvalue weighted by molar-refractivity contribution is -0.118. The van der Waals surface area contributed by atoms with Crippen molar-refractivity contribution in [2.45, 2.75) is 18.9 Å². The van der Waals surface area contributed by atoms with Crippen LogP contribution in [-0.2, 0) is 16.1 Å². The number of ether oxygens (including phenoxy) is 3. The summed E-state index contributed by atoms with van der Waals surface area (Å²) < 4.78 is 21.6. The predicted octanol–water partition coefficient (Wildman–Crippen LogP) is 0.908. The zero-order valence-corrected chi connectivity index (χ0v) is 17.4. The van der Waals surface area contributed by atoms with Crippen molar-refractivity contribution in [3.05, 3.63) is 45.5 Å². The second-order valence-corrected chi connectivity index (χ2v) is 7.18. The maximum Gasteiger partial charge on any atom is 0.227 e. The summed E-state index contributed by atoms with van der Waals surface area (Å²) in [6.45, 7) is 2.85. The van der Waals surface area contributed by atoms with Gasteiger partial charge in [-0.05, 0) is 17.7 Å². The van der Waals surface area contributed by atoms with Gasteiger partial charge in [0.05, 0.1) is 39.9 Å². The zero-order valence-electron chi connectivity index (χ0n) is 17.4. The Kier molecular flexibility index (Phi) is 7.03. The van der Waals surface area contributed by atoms with Crippen LogP contribution in [0.25, 0.3) is 0 Å². The SMILES string of the molecule is COc1cc([C@H](CC(N)=O)c2oc(CN3CCOCC3)cc(=O)c2O)cc(OC)c1O. The predicted molar refractivity (Wildman–Crippen MR) is 110 cm³/mol. The number of rotatable bonds is 8. The summed E-state index contributed by atoms with van der Waals surface area (Å²) in [6.07, 6.45) is -0.255. The number of methoxy groups -OCH3 is 2. The van der Waals surface area contributed by atoms with Gasteiger partial charge in [0.15, 0.2) is 17.3 Å². The van der Waals surface area contributed by atoms with Crippen LogP contribution in [0.3, 0.4) is 0 Å². The lowest BCUT2D eigenvalue weighted by Gasteiger charge is -2.26. The van der Waals surface area contributed by atoms with Crippen LogP contribution in [0.1, 0.15) is 29.4 Å². The number of phenolic OH excluding ortho intramolecular Hbond substituents is 1.